The Kier molecular flexibility index (Phi) is 16.7. The van der Waals surface area contributed by atoms with Crippen molar-refractivity contribution in [2.45, 2.75) is 76.0 Å². The molecule has 0 bridgehead atoms. The van der Waals surface area contributed by atoms with Gasteiger partial charge in [0.25, 0.3) is 0 Å². The molecule has 0 aliphatic carbocycles. The molecule has 0 aromatic rings. The average Bonchev–Trinajstić information content (AvgIpc) is 2.82. The van der Waals surface area contributed by atoms with Crippen LogP contribution in [0.3, 0.4) is 0 Å². The fourth-order valence-electron chi connectivity index (χ4n) is 3.11. The molecular weight excluding hydrogens is 486 g/mol. The Bertz CT molecular complexity index is 798. The molecule has 0 aliphatic heterocycles. The third-order valence-corrected chi connectivity index (χ3v) is 5.19. The minimum absolute atomic E-state index is 0.0710. The van der Waals surface area contributed by atoms with Gasteiger partial charge in [0.2, 0.25) is 17.7 Å². The largest absolute Gasteiger partial charge is 0.480 e. The fraction of sp³-hybridized carbons (Fsp3) is 0.714. The molecule has 0 saturated heterocycles. The van der Waals surface area contributed by atoms with Crippen molar-refractivity contribution in [1.29, 1.82) is 0 Å². The first-order valence-electron chi connectivity index (χ1n) is 12.1. The van der Waals surface area contributed by atoms with E-state index in [1.165, 1.54) is 6.92 Å². The standard InChI is InChI=1S/C21H43N11O5/c1-12(19(36)37)30-17(34)14(7-2-3-9-22)32-18(35)15(8-5-11-29-21(26)27)31-16(33)13(23)6-4-10-28-20(24)25/h12-15H,2-11,22-23H2,1H3,(H,30,34)(H,31,33)(H,32,35)(H,36,37)(H4,24,25,28)(H4,26,27,29). The van der Waals surface area contributed by atoms with Crippen LogP contribution in [0.4, 0.5) is 0 Å². The minimum Gasteiger partial charge on any atom is -0.480 e. The summed E-state index contributed by atoms with van der Waals surface area (Å²) in [7, 11) is 0. The highest BCUT2D eigenvalue weighted by atomic mass is 16.4. The maximum atomic E-state index is 13.1. The van der Waals surface area contributed by atoms with Crippen LogP contribution in [0.5, 0.6) is 0 Å². The molecule has 0 saturated carbocycles. The number of hydrogen-bond acceptors (Lipinski definition) is 8. The number of carboxylic acids is 1. The van der Waals surface area contributed by atoms with Crippen LogP contribution in [-0.4, -0.2) is 84.5 Å². The molecule has 0 aromatic heterocycles. The number of carbonyl (C=O) groups is 4. The molecule has 3 amide bonds. The van der Waals surface area contributed by atoms with Gasteiger partial charge in [-0.1, -0.05) is 0 Å². The second-order valence-electron chi connectivity index (χ2n) is 8.48. The number of nitrogens with one attached hydrogen (secondary N) is 3. The van der Waals surface area contributed by atoms with Crippen molar-refractivity contribution in [3.05, 3.63) is 0 Å². The van der Waals surface area contributed by atoms with Crippen LogP contribution in [0.1, 0.15) is 51.9 Å². The van der Waals surface area contributed by atoms with Crippen LogP contribution in [0.15, 0.2) is 9.98 Å². The SMILES string of the molecule is CC(NC(=O)C(CCCCN)NC(=O)C(CCCN=C(N)N)NC(=O)C(N)CCCN=C(N)N)C(=O)O. The van der Waals surface area contributed by atoms with Gasteiger partial charge in [0.15, 0.2) is 11.9 Å². The molecule has 16 heteroatoms. The summed E-state index contributed by atoms with van der Waals surface area (Å²) in [6, 6.07) is -4.17. The van der Waals surface area contributed by atoms with Crippen molar-refractivity contribution >= 4 is 35.6 Å². The van der Waals surface area contributed by atoms with Crippen molar-refractivity contribution in [3.63, 3.8) is 0 Å². The van der Waals surface area contributed by atoms with Gasteiger partial charge in [-0.2, -0.15) is 0 Å². The monoisotopic (exact) mass is 529 g/mol. The lowest BCUT2D eigenvalue weighted by Crippen LogP contribution is -2.56. The van der Waals surface area contributed by atoms with E-state index in [-0.39, 0.29) is 37.7 Å². The quantitative estimate of drug-likeness (QED) is 0.0438. The number of nitrogens with two attached hydrogens (primary N) is 6. The molecule has 0 fully saturated rings. The van der Waals surface area contributed by atoms with Crippen molar-refractivity contribution in [2.24, 2.45) is 44.4 Å². The Morgan fingerprint density at radius 3 is 1.68 bits per heavy atom. The molecule has 0 spiro atoms. The summed E-state index contributed by atoms with van der Waals surface area (Å²) in [5.74, 6) is -3.28. The zero-order chi connectivity index (χ0) is 28.4. The van der Waals surface area contributed by atoms with Crippen LogP contribution in [0.25, 0.3) is 0 Å². The van der Waals surface area contributed by atoms with Gasteiger partial charge in [-0.05, 0) is 58.4 Å². The van der Waals surface area contributed by atoms with E-state index in [0.29, 0.717) is 38.8 Å². The average molecular weight is 530 g/mol. The predicted octanol–water partition coefficient (Wildman–Crippen LogP) is -3.89. The van der Waals surface area contributed by atoms with Crippen molar-refractivity contribution in [2.75, 3.05) is 19.6 Å². The first kappa shape index (κ1) is 33.3. The fourth-order valence-corrected chi connectivity index (χ4v) is 3.11. The first-order chi connectivity index (χ1) is 17.4. The zero-order valence-electron chi connectivity index (χ0n) is 21.3. The van der Waals surface area contributed by atoms with E-state index >= 15 is 0 Å². The van der Waals surface area contributed by atoms with Gasteiger partial charge in [-0.25, -0.2) is 0 Å². The third-order valence-electron chi connectivity index (χ3n) is 5.19. The number of aliphatic carboxylic acids is 1. The topological polar surface area (TPSA) is 305 Å². The molecule has 16 nitrogen and oxygen atoms in total. The summed E-state index contributed by atoms with van der Waals surface area (Å²) in [6.07, 6.45) is 2.54. The van der Waals surface area contributed by atoms with E-state index in [4.69, 9.17) is 39.5 Å². The Hall–Kier alpha value is -3.66. The zero-order valence-corrected chi connectivity index (χ0v) is 21.3. The van der Waals surface area contributed by atoms with E-state index in [1.807, 2.05) is 0 Å². The summed E-state index contributed by atoms with van der Waals surface area (Å²) in [4.78, 5) is 57.2. The number of rotatable bonds is 19. The Morgan fingerprint density at radius 2 is 1.19 bits per heavy atom. The molecule has 212 valence electrons. The molecule has 0 rings (SSSR count). The maximum absolute atomic E-state index is 13.1. The predicted molar refractivity (Wildman–Crippen MR) is 140 cm³/mol. The van der Waals surface area contributed by atoms with E-state index in [2.05, 4.69) is 25.9 Å². The normalized spacial score (nSPS) is 13.8. The van der Waals surface area contributed by atoms with Gasteiger partial charge in [-0.15, -0.1) is 0 Å². The molecule has 4 unspecified atom stereocenters. The first-order valence-corrected chi connectivity index (χ1v) is 12.1. The third kappa shape index (κ3) is 15.8. The van der Waals surface area contributed by atoms with Gasteiger partial charge in [0, 0.05) is 13.1 Å². The van der Waals surface area contributed by atoms with Crippen LogP contribution in [0.2, 0.25) is 0 Å². The lowest BCUT2D eigenvalue weighted by Gasteiger charge is -2.25. The van der Waals surface area contributed by atoms with Crippen molar-refractivity contribution in [3.8, 4) is 0 Å². The number of carboxylic acid groups (broad SMARTS) is 1. The number of nitrogens with zero attached hydrogens (tertiary/aromatic N) is 2. The second-order valence-corrected chi connectivity index (χ2v) is 8.48. The number of guanidine groups is 2. The lowest BCUT2D eigenvalue weighted by molar-refractivity contribution is -0.141. The number of hydrogen-bond donors (Lipinski definition) is 10. The highest BCUT2D eigenvalue weighted by Gasteiger charge is 2.29. The van der Waals surface area contributed by atoms with Gasteiger partial charge < -0.3 is 55.5 Å². The molecule has 0 aliphatic rings. The van der Waals surface area contributed by atoms with E-state index < -0.39 is 47.9 Å². The second kappa shape index (κ2) is 18.6. The Morgan fingerprint density at radius 1 is 0.730 bits per heavy atom. The van der Waals surface area contributed by atoms with Crippen LogP contribution in [-0.2, 0) is 19.2 Å². The van der Waals surface area contributed by atoms with E-state index in [9.17, 15) is 19.2 Å². The number of carbonyl (C=O) groups excluding carboxylic acids is 3. The highest BCUT2D eigenvalue weighted by molar-refractivity contribution is 5.94. The van der Waals surface area contributed by atoms with Gasteiger partial charge in [0.1, 0.15) is 18.1 Å². The Labute approximate surface area is 216 Å². The van der Waals surface area contributed by atoms with E-state index in [0.717, 1.165) is 0 Å². The van der Waals surface area contributed by atoms with E-state index in [1.54, 1.807) is 0 Å². The Balaban J connectivity index is 5.42. The summed E-state index contributed by atoms with van der Waals surface area (Å²) in [5, 5.41) is 16.6. The van der Waals surface area contributed by atoms with Crippen LogP contribution < -0.4 is 50.4 Å². The summed E-state index contributed by atoms with van der Waals surface area (Å²) in [5.41, 5.74) is 32.7. The molecule has 0 heterocycles. The maximum Gasteiger partial charge on any atom is 0.325 e. The van der Waals surface area contributed by atoms with Gasteiger partial charge in [-0.3, -0.25) is 29.2 Å². The summed E-state index contributed by atoms with van der Waals surface area (Å²) in [6.45, 7) is 2.20. The highest BCUT2D eigenvalue weighted by Crippen LogP contribution is 2.06. The number of amides is 3. The molecule has 0 radical (unpaired) electrons. The molecule has 4 atom stereocenters. The van der Waals surface area contributed by atoms with Crippen molar-refractivity contribution in [1.82, 2.24) is 16.0 Å². The summed E-state index contributed by atoms with van der Waals surface area (Å²) < 4.78 is 0. The smallest absolute Gasteiger partial charge is 0.325 e. The minimum atomic E-state index is -1.22. The van der Waals surface area contributed by atoms with Gasteiger partial charge in [0.05, 0.1) is 6.04 Å². The summed E-state index contributed by atoms with van der Waals surface area (Å²) >= 11 is 0. The van der Waals surface area contributed by atoms with Crippen LogP contribution >= 0.6 is 0 Å². The molecule has 16 N–H and O–H groups in total. The van der Waals surface area contributed by atoms with Crippen LogP contribution in [0, 0.1) is 0 Å². The molecule has 0 aromatic carbocycles. The van der Waals surface area contributed by atoms with Gasteiger partial charge >= 0.3 is 5.97 Å². The lowest BCUT2D eigenvalue weighted by atomic mass is 10.0. The molecule has 37 heavy (non-hydrogen) atoms. The number of aliphatic imine (C=N–C) groups is 2. The van der Waals surface area contributed by atoms with Crippen molar-refractivity contribution < 1.29 is 24.3 Å². The number of unbranched alkanes of at least 4 members (excludes halogenated alkanes) is 1. The molecular formula is C21H43N11O5.